The number of hydrogen-bond donors (Lipinski definition) is 0. The maximum Gasteiger partial charge on any atom is 0.410 e. The molecule has 2 fully saturated rings. The molecule has 3 rings (SSSR count). The Morgan fingerprint density at radius 2 is 1.91 bits per heavy atom. The van der Waals surface area contributed by atoms with Gasteiger partial charge in [-0.15, -0.1) is 0 Å². The van der Waals surface area contributed by atoms with Crippen molar-refractivity contribution in [3.05, 3.63) is 35.4 Å². The van der Waals surface area contributed by atoms with Crippen molar-refractivity contribution in [1.29, 1.82) is 0 Å². The molecule has 1 aromatic carbocycles. The van der Waals surface area contributed by atoms with Crippen LogP contribution in [0.4, 0.5) is 4.79 Å². The molecule has 0 N–H and O–H groups in total. The van der Waals surface area contributed by atoms with Crippen molar-refractivity contribution < 1.29 is 14.3 Å². The molecule has 2 aliphatic heterocycles. The maximum absolute atomic E-state index is 12.4. The number of likely N-dealkylation sites (N-methyl/N-ethyl adjacent to an activating group) is 1. The van der Waals surface area contributed by atoms with Crippen LogP contribution < -0.4 is 0 Å². The van der Waals surface area contributed by atoms with Gasteiger partial charge in [0.1, 0.15) is 0 Å². The van der Waals surface area contributed by atoms with Crippen molar-refractivity contribution >= 4 is 12.0 Å². The van der Waals surface area contributed by atoms with Crippen molar-refractivity contribution in [2.45, 2.75) is 38.2 Å². The number of carbonyl (C=O) groups excluding carboxylic acids is 2. The minimum atomic E-state index is -0.482. The van der Waals surface area contributed by atoms with Crippen molar-refractivity contribution in [1.82, 2.24) is 9.80 Å². The first kappa shape index (κ1) is 15.8. The quantitative estimate of drug-likeness (QED) is 0.856. The van der Waals surface area contributed by atoms with E-state index in [4.69, 9.17) is 4.74 Å². The lowest BCUT2D eigenvalue weighted by atomic mass is 10.0. The summed E-state index contributed by atoms with van der Waals surface area (Å²) in [6.07, 6.45) is 2.75. The van der Waals surface area contributed by atoms with Crippen molar-refractivity contribution in [2.24, 2.45) is 0 Å². The summed E-state index contributed by atoms with van der Waals surface area (Å²) in [5.41, 5.74) is 2.02. The van der Waals surface area contributed by atoms with Gasteiger partial charge in [-0.05, 0) is 24.0 Å². The minimum Gasteiger partial charge on any atom is -0.439 e. The smallest absolute Gasteiger partial charge is 0.410 e. The van der Waals surface area contributed by atoms with Crippen LogP contribution in [0.25, 0.3) is 0 Å². The highest BCUT2D eigenvalue weighted by atomic mass is 16.6. The standard InChI is InChI=1S/C18H24N2O3/c1-3-14-4-6-15(7-5-14)8-9-16(21)20-11-10-18(13-20)12-19(2)17(22)23-18/h4-7H,3,8-13H2,1-2H3. The molecule has 1 aromatic rings. The highest BCUT2D eigenvalue weighted by Gasteiger charge is 2.49. The van der Waals surface area contributed by atoms with Crippen LogP contribution in [-0.2, 0) is 22.4 Å². The number of benzene rings is 1. The van der Waals surface area contributed by atoms with Gasteiger partial charge in [0.25, 0.3) is 0 Å². The second-order valence-electron chi connectivity index (χ2n) is 6.64. The summed E-state index contributed by atoms with van der Waals surface area (Å²) in [6, 6.07) is 8.45. The molecule has 2 aliphatic rings. The van der Waals surface area contributed by atoms with E-state index < -0.39 is 5.60 Å². The van der Waals surface area contributed by atoms with Crippen LogP contribution in [0.5, 0.6) is 0 Å². The molecule has 0 radical (unpaired) electrons. The summed E-state index contributed by atoms with van der Waals surface area (Å²) in [6.45, 7) is 3.91. The molecular formula is C18H24N2O3. The van der Waals surface area contributed by atoms with Gasteiger partial charge in [-0.1, -0.05) is 31.2 Å². The van der Waals surface area contributed by atoms with Gasteiger partial charge in [0.05, 0.1) is 13.1 Å². The number of ether oxygens (including phenoxy) is 1. The van der Waals surface area contributed by atoms with Crippen LogP contribution in [0, 0.1) is 0 Å². The predicted octanol–water partition coefficient (Wildman–Crippen LogP) is 2.23. The Morgan fingerprint density at radius 1 is 1.22 bits per heavy atom. The van der Waals surface area contributed by atoms with Gasteiger partial charge in [-0.2, -0.15) is 0 Å². The molecule has 0 saturated carbocycles. The Hall–Kier alpha value is -2.04. The molecule has 2 amide bonds. The molecule has 5 heteroatoms. The first-order valence-electron chi connectivity index (χ1n) is 8.31. The summed E-state index contributed by atoms with van der Waals surface area (Å²) >= 11 is 0. The van der Waals surface area contributed by atoms with Crippen LogP contribution >= 0.6 is 0 Å². The van der Waals surface area contributed by atoms with Crippen LogP contribution in [0.3, 0.4) is 0 Å². The molecule has 1 unspecified atom stereocenters. The van der Waals surface area contributed by atoms with E-state index in [9.17, 15) is 9.59 Å². The molecule has 5 nitrogen and oxygen atoms in total. The number of hydrogen-bond acceptors (Lipinski definition) is 3. The normalized spacial score (nSPS) is 23.7. The Morgan fingerprint density at radius 3 is 2.52 bits per heavy atom. The van der Waals surface area contributed by atoms with Crippen molar-refractivity contribution in [3.8, 4) is 0 Å². The van der Waals surface area contributed by atoms with Crippen molar-refractivity contribution in [3.63, 3.8) is 0 Å². The summed E-state index contributed by atoms with van der Waals surface area (Å²) < 4.78 is 5.48. The monoisotopic (exact) mass is 316 g/mol. The fourth-order valence-electron chi connectivity index (χ4n) is 3.41. The Bertz CT molecular complexity index is 599. The molecule has 2 saturated heterocycles. The lowest BCUT2D eigenvalue weighted by Gasteiger charge is -2.21. The van der Waals surface area contributed by atoms with E-state index in [0.29, 0.717) is 26.1 Å². The third kappa shape index (κ3) is 3.33. The Kier molecular flexibility index (Phi) is 4.28. The predicted molar refractivity (Wildman–Crippen MR) is 87.2 cm³/mol. The average Bonchev–Trinajstić information content (AvgIpc) is 3.08. The van der Waals surface area contributed by atoms with Gasteiger partial charge in [-0.25, -0.2) is 4.79 Å². The number of amides is 2. The molecule has 0 aromatic heterocycles. The van der Waals surface area contributed by atoms with E-state index in [1.54, 1.807) is 11.9 Å². The molecule has 0 bridgehead atoms. The number of rotatable bonds is 4. The molecule has 1 atom stereocenters. The number of aryl methyl sites for hydroxylation is 2. The van der Waals surface area contributed by atoms with Gasteiger partial charge in [0.15, 0.2) is 5.60 Å². The summed E-state index contributed by atoms with van der Waals surface area (Å²) in [5.74, 6) is 0.145. The second-order valence-corrected chi connectivity index (χ2v) is 6.64. The molecule has 2 heterocycles. The largest absolute Gasteiger partial charge is 0.439 e. The highest BCUT2D eigenvalue weighted by molar-refractivity contribution is 5.77. The first-order chi connectivity index (χ1) is 11.0. The number of likely N-dealkylation sites (tertiary alicyclic amines) is 1. The fraction of sp³-hybridized carbons (Fsp3) is 0.556. The minimum absolute atomic E-state index is 0.145. The maximum atomic E-state index is 12.4. The third-order valence-corrected chi connectivity index (χ3v) is 4.87. The number of carbonyl (C=O) groups is 2. The van der Waals surface area contributed by atoms with Crippen LogP contribution in [0.15, 0.2) is 24.3 Å². The Balaban J connectivity index is 1.52. The highest BCUT2D eigenvalue weighted by Crippen LogP contribution is 2.32. The van der Waals surface area contributed by atoms with E-state index in [0.717, 1.165) is 19.3 Å². The summed E-state index contributed by atoms with van der Waals surface area (Å²) in [7, 11) is 1.74. The third-order valence-electron chi connectivity index (χ3n) is 4.87. The zero-order chi connectivity index (χ0) is 16.4. The van der Waals surface area contributed by atoms with Gasteiger partial charge in [0, 0.05) is 26.4 Å². The number of nitrogens with zero attached hydrogens (tertiary/aromatic N) is 2. The average molecular weight is 316 g/mol. The SMILES string of the molecule is CCc1ccc(CCC(=O)N2CCC3(CN(C)C(=O)O3)C2)cc1. The molecular weight excluding hydrogens is 292 g/mol. The zero-order valence-corrected chi connectivity index (χ0v) is 13.9. The van der Waals surface area contributed by atoms with E-state index >= 15 is 0 Å². The molecule has 23 heavy (non-hydrogen) atoms. The lowest BCUT2D eigenvalue weighted by Crippen LogP contribution is -2.39. The Labute approximate surface area is 137 Å². The van der Waals surface area contributed by atoms with Crippen LogP contribution in [0.2, 0.25) is 0 Å². The van der Waals surface area contributed by atoms with Gasteiger partial charge < -0.3 is 14.5 Å². The molecule has 124 valence electrons. The summed E-state index contributed by atoms with van der Waals surface area (Å²) in [4.78, 5) is 27.4. The van der Waals surface area contributed by atoms with E-state index in [1.165, 1.54) is 11.1 Å². The van der Waals surface area contributed by atoms with Gasteiger partial charge in [-0.3, -0.25) is 4.79 Å². The van der Waals surface area contributed by atoms with Gasteiger partial charge in [0.2, 0.25) is 5.91 Å². The summed E-state index contributed by atoms with van der Waals surface area (Å²) in [5, 5.41) is 0. The molecule has 1 spiro atoms. The fourth-order valence-corrected chi connectivity index (χ4v) is 3.41. The zero-order valence-electron chi connectivity index (χ0n) is 13.9. The second kappa shape index (κ2) is 6.22. The van der Waals surface area contributed by atoms with E-state index in [2.05, 4.69) is 31.2 Å². The van der Waals surface area contributed by atoms with E-state index in [-0.39, 0.29) is 12.0 Å². The first-order valence-corrected chi connectivity index (χ1v) is 8.31. The topological polar surface area (TPSA) is 49.9 Å². The molecule has 0 aliphatic carbocycles. The van der Waals surface area contributed by atoms with Crippen LogP contribution in [0.1, 0.15) is 30.9 Å². The van der Waals surface area contributed by atoms with E-state index in [1.807, 2.05) is 4.90 Å². The van der Waals surface area contributed by atoms with Crippen molar-refractivity contribution in [2.75, 3.05) is 26.7 Å². The lowest BCUT2D eigenvalue weighted by molar-refractivity contribution is -0.130. The van der Waals surface area contributed by atoms with Gasteiger partial charge >= 0.3 is 6.09 Å². The van der Waals surface area contributed by atoms with Crippen LogP contribution in [-0.4, -0.2) is 54.1 Å².